The van der Waals surface area contributed by atoms with Gasteiger partial charge in [-0.25, -0.2) is 0 Å². The van der Waals surface area contributed by atoms with E-state index in [9.17, 15) is 39.9 Å². The zero-order valence-corrected chi connectivity index (χ0v) is 19.8. The van der Waals surface area contributed by atoms with E-state index in [1.54, 1.807) is 30.3 Å². The fourth-order valence-corrected chi connectivity index (χ4v) is 6.35. The first kappa shape index (κ1) is 23.8. The number of fused-ring (bicyclic) bond motifs is 4. The number of carbonyl (C=O) groups is 3. The van der Waals surface area contributed by atoms with Crippen molar-refractivity contribution < 1.29 is 44.7 Å². The van der Waals surface area contributed by atoms with Gasteiger partial charge in [0.1, 0.15) is 34.7 Å². The van der Waals surface area contributed by atoms with Crippen molar-refractivity contribution >= 4 is 17.5 Å². The molecule has 0 aromatic heterocycles. The lowest BCUT2D eigenvalue weighted by Gasteiger charge is -2.53. The van der Waals surface area contributed by atoms with Crippen LogP contribution in [0, 0.1) is 11.8 Å². The van der Waals surface area contributed by atoms with Crippen LogP contribution in [-0.4, -0.2) is 54.7 Å². The maximum Gasteiger partial charge on any atom is 0.255 e. The molecule has 1 heterocycles. The van der Waals surface area contributed by atoms with Gasteiger partial charge in [-0.3, -0.25) is 14.4 Å². The van der Waals surface area contributed by atoms with Gasteiger partial charge in [0.15, 0.2) is 11.4 Å². The largest absolute Gasteiger partial charge is 0.511 e. The summed E-state index contributed by atoms with van der Waals surface area (Å²) in [6.07, 6.45) is 0.527. The molecule has 3 aliphatic carbocycles. The second-order valence-corrected chi connectivity index (χ2v) is 10.0. The van der Waals surface area contributed by atoms with E-state index in [2.05, 4.69) is 0 Å². The number of hydrogen-bond acceptors (Lipinski definition) is 9. The molecule has 7 N–H and O–H groups in total. The van der Waals surface area contributed by atoms with Crippen LogP contribution in [0.15, 0.2) is 77.0 Å². The minimum absolute atomic E-state index is 0.0741. The Morgan fingerprint density at radius 3 is 2.45 bits per heavy atom. The van der Waals surface area contributed by atoms with Crippen LogP contribution in [0.1, 0.15) is 33.8 Å². The molecule has 2 aromatic carbocycles. The number of aliphatic hydroxyl groups excluding tert-OH is 2. The van der Waals surface area contributed by atoms with Crippen molar-refractivity contribution in [3.05, 3.63) is 93.7 Å². The number of phenols is 2. The van der Waals surface area contributed by atoms with Crippen molar-refractivity contribution in [2.75, 3.05) is 0 Å². The summed E-state index contributed by atoms with van der Waals surface area (Å²) in [5.41, 5.74) is 2.56. The van der Waals surface area contributed by atoms with Crippen LogP contribution < -0.4 is 5.73 Å². The summed E-state index contributed by atoms with van der Waals surface area (Å²) in [6, 6.07) is 11.0. The Balaban J connectivity index is 1.58. The van der Waals surface area contributed by atoms with Crippen molar-refractivity contribution in [3.8, 4) is 11.5 Å². The molecule has 10 heteroatoms. The minimum Gasteiger partial charge on any atom is -0.511 e. The van der Waals surface area contributed by atoms with Gasteiger partial charge in [0.25, 0.3) is 5.91 Å². The number of ketones is 2. The molecule has 1 amide bonds. The highest BCUT2D eigenvalue weighted by atomic mass is 16.5. The number of phenolic OH excluding ortho intramolecular Hbond substituents is 2. The lowest BCUT2D eigenvalue weighted by Crippen LogP contribution is -2.63. The number of aliphatic hydroxyl groups is 3. The van der Waals surface area contributed by atoms with Gasteiger partial charge in [-0.15, -0.1) is 0 Å². The molecule has 0 saturated heterocycles. The molecule has 194 valence electrons. The maximum atomic E-state index is 13.7. The highest BCUT2D eigenvalue weighted by Crippen LogP contribution is 2.58. The van der Waals surface area contributed by atoms with E-state index in [1.165, 1.54) is 18.2 Å². The molecule has 38 heavy (non-hydrogen) atoms. The normalized spacial score (nSPS) is 29.7. The number of nitrogens with two attached hydrogens (primary N) is 1. The van der Waals surface area contributed by atoms with Crippen LogP contribution in [-0.2, 0) is 20.7 Å². The van der Waals surface area contributed by atoms with Crippen LogP contribution in [0.5, 0.6) is 11.5 Å². The van der Waals surface area contributed by atoms with Gasteiger partial charge < -0.3 is 36.0 Å². The summed E-state index contributed by atoms with van der Waals surface area (Å²) in [5.74, 6) is -7.51. The van der Waals surface area contributed by atoms with Crippen LogP contribution in [0.3, 0.4) is 0 Å². The van der Waals surface area contributed by atoms with Crippen LogP contribution in [0.4, 0.5) is 0 Å². The van der Waals surface area contributed by atoms with E-state index in [-0.39, 0.29) is 29.1 Å². The zero-order chi connectivity index (χ0) is 27.1. The number of primary amides is 1. The average molecular weight is 517 g/mol. The third-order valence-electron chi connectivity index (χ3n) is 8.02. The molecule has 2 aromatic rings. The number of amides is 1. The molecule has 0 radical (unpaired) electrons. The Labute approximate surface area is 215 Å². The first-order valence-electron chi connectivity index (χ1n) is 12.0. The molecule has 0 spiro atoms. The fourth-order valence-electron chi connectivity index (χ4n) is 6.35. The number of benzene rings is 2. The van der Waals surface area contributed by atoms with Crippen LogP contribution in [0.2, 0.25) is 0 Å². The number of ether oxygens (including phenoxy) is 1. The van der Waals surface area contributed by atoms with Gasteiger partial charge >= 0.3 is 0 Å². The quantitative estimate of drug-likeness (QED) is 0.331. The van der Waals surface area contributed by atoms with Crippen molar-refractivity contribution in [2.45, 2.75) is 30.5 Å². The summed E-state index contributed by atoms with van der Waals surface area (Å²) in [4.78, 5) is 39.0. The molecule has 10 nitrogen and oxygen atoms in total. The number of aromatic hydroxyl groups is 2. The predicted molar refractivity (Wildman–Crippen MR) is 130 cm³/mol. The lowest BCUT2D eigenvalue weighted by atomic mass is 9.55. The molecular formula is C28H23NO9. The monoisotopic (exact) mass is 517 g/mol. The van der Waals surface area contributed by atoms with Gasteiger partial charge in [0.05, 0.1) is 11.3 Å². The maximum absolute atomic E-state index is 13.7. The van der Waals surface area contributed by atoms with E-state index in [4.69, 9.17) is 10.5 Å². The first-order chi connectivity index (χ1) is 18.0. The molecule has 0 fully saturated rings. The Hall–Kier alpha value is -4.57. The van der Waals surface area contributed by atoms with Crippen molar-refractivity contribution in [3.63, 3.8) is 0 Å². The average Bonchev–Trinajstić information content (AvgIpc) is 2.86. The summed E-state index contributed by atoms with van der Waals surface area (Å²) in [6.45, 7) is 0. The lowest BCUT2D eigenvalue weighted by molar-refractivity contribution is -0.157. The number of carbonyl (C=O) groups excluding carboxylic acids is 3. The van der Waals surface area contributed by atoms with Crippen molar-refractivity contribution in [1.29, 1.82) is 0 Å². The SMILES string of the molecule is NC(=O)C1=C(O)C[C@@H]2[C@H]3OC(Cc4ccc(O)cc4)=C[C@H]4c5cccc(O)c5C(=O)C(=C(O)[C@]2(O)C1=O)[C@H]34. The van der Waals surface area contributed by atoms with Gasteiger partial charge in [-0.1, -0.05) is 24.3 Å². The molecule has 5 atom stereocenters. The van der Waals surface area contributed by atoms with Crippen molar-refractivity contribution in [2.24, 2.45) is 17.6 Å². The Kier molecular flexibility index (Phi) is 4.99. The number of hydrogen-bond donors (Lipinski definition) is 6. The Bertz CT molecular complexity index is 1530. The Morgan fingerprint density at radius 1 is 1.05 bits per heavy atom. The van der Waals surface area contributed by atoms with Crippen LogP contribution in [0.25, 0.3) is 0 Å². The first-order valence-corrected chi connectivity index (χ1v) is 12.0. The second kappa shape index (κ2) is 7.96. The topological polar surface area (TPSA) is 188 Å². The molecule has 0 saturated carbocycles. The number of allylic oxidation sites excluding steroid dienone is 3. The number of rotatable bonds is 3. The van der Waals surface area contributed by atoms with Gasteiger partial charge in [-0.05, 0) is 35.4 Å². The van der Waals surface area contributed by atoms with E-state index in [0.29, 0.717) is 11.3 Å². The standard InChI is InChI=1S/C28H23NO9/c29-27(36)21-18(32)10-16-24-20-15(9-13(38-24)8-11-4-6-12(30)7-5-11)14-2-1-3-17(31)19(14)23(33)22(20)26(35)28(16,37)25(21)34/h1-7,9,15-16,20,24,30-32,35,37H,8,10H2,(H2,29,36)/t15-,16+,20+,24+,28+/m0/s1. The van der Waals surface area contributed by atoms with E-state index in [1.807, 2.05) is 0 Å². The van der Waals surface area contributed by atoms with E-state index < -0.39 is 70.4 Å². The van der Waals surface area contributed by atoms with Crippen LogP contribution >= 0.6 is 0 Å². The third kappa shape index (κ3) is 3.07. The van der Waals surface area contributed by atoms with Crippen molar-refractivity contribution in [1.82, 2.24) is 0 Å². The van der Waals surface area contributed by atoms with E-state index >= 15 is 0 Å². The summed E-state index contributed by atoms with van der Waals surface area (Å²) >= 11 is 0. The fraction of sp³-hybridized carbons (Fsp3) is 0.250. The second-order valence-electron chi connectivity index (χ2n) is 10.0. The molecular weight excluding hydrogens is 494 g/mol. The minimum atomic E-state index is -2.77. The third-order valence-corrected chi connectivity index (χ3v) is 8.02. The summed E-state index contributed by atoms with van der Waals surface area (Å²) in [7, 11) is 0. The van der Waals surface area contributed by atoms with Gasteiger partial charge in [0.2, 0.25) is 5.78 Å². The predicted octanol–water partition coefficient (Wildman–Crippen LogP) is 1.96. The number of Topliss-reactive ketones (excluding diaryl/α,β-unsaturated/α-hetero) is 2. The summed E-state index contributed by atoms with van der Waals surface area (Å²) in [5, 5.41) is 53.8. The highest BCUT2D eigenvalue weighted by molar-refractivity contribution is 6.24. The summed E-state index contributed by atoms with van der Waals surface area (Å²) < 4.78 is 6.31. The van der Waals surface area contributed by atoms with E-state index in [0.717, 1.165) is 5.56 Å². The van der Waals surface area contributed by atoms with Gasteiger partial charge in [0, 0.05) is 36.2 Å². The molecule has 6 rings (SSSR count). The Morgan fingerprint density at radius 2 is 1.76 bits per heavy atom. The highest BCUT2D eigenvalue weighted by Gasteiger charge is 2.66. The van der Waals surface area contributed by atoms with Gasteiger partial charge in [-0.2, -0.15) is 0 Å². The zero-order valence-electron chi connectivity index (χ0n) is 19.8. The molecule has 0 unspecified atom stereocenters. The smallest absolute Gasteiger partial charge is 0.255 e. The molecule has 4 aliphatic rings. The molecule has 1 aliphatic heterocycles. The molecule has 0 bridgehead atoms.